The Bertz CT molecular complexity index is 877. The second-order valence-electron chi connectivity index (χ2n) is 5.94. The summed E-state index contributed by atoms with van der Waals surface area (Å²) in [6.07, 6.45) is 0.319. The minimum atomic E-state index is -0.384. The molecule has 0 saturated heterocycles. The third-order valence-electron chi connectivity index (χ3n) is 3.95. The summed E-state index contributed by atoms with van der Waals surface area (Å²) in [5.74, 6) is -0.694. The Morgan fingerprint density at radius 2 is 1.70 bits per heavy atom. The van der Waals surface area contributed by atoms with E-state index in [9.17, 15) is 14.7 Å². The van der Waals surface area contributed by atoms with E-state index >= 15 is 0 Å². The number of hydrogen-bond acceptors (Lipinski definition) is 5. The number of carbonyl (C=O) groups is 2. The second kappa shape index (κ2) is 8.66. The van der Waals surface area contributed by atoms with E-state index in [2.05, 4.69) is 21.2 Å². The highest BCUT2D eigenvalue weighted by atomic mass is 16.3. The smallest absolute Gasteiger partial charge is 0.257 e. The van der Waals surface area contributed by atoms with Crippen LogP contribution in [0.1, 0.15) is 12.8 Å². The molecule has 27 heavy (non-hydrogen) atoms. The Morgan fingerprint density at radius 3 is 2.33 bits per heavy atom. The Balaban J connectivity index is 1.69. The summed E-state index contributed by atoms with van der Waals surface area (Å²) < 4.78 is 0. The number of amides is 2. The molecule has 0 radical (unpaired) electrons. The number of aliphatic hydroxyl groups is 1. The van der Waals surface area contributed by atoms with Crippen molar-refractivity contribution in [1.29, 1.82) is 0 Å². The van der Waals surface area contributed by atoms with Crippen LogP contribution in [0.2, 0.25) is 0 Å². The summed E-state index contributed by atoms with van der Waals surface area (Å²) in [5, 5.41) is 12.6. The van der Waals surface area contributed by atoms with Crippen molar-refractivity contribution in [3.05, 3.63) is 72.0 Å². The second-order valence-corrected chi connectivity index (χ2v) is 5.94. The van der Waals surface area contributed by atoms with Crippen LogP contribution in [-0.2, 0) is 9.59 Å². The average molecular weight is 364 g/mol. The predicted octanol–water partition coefficient (Wildman–Crippen LogP) is 2.62. The summed E-state index contributed by atoms with van der Waals surface area (Å²) in [6, 6.07) is 18.4. The molecule has 7 nitrogen and oxygen atoms in total. The predicted molar refractivity (Wildman–Crippen MR) is 104 cm³/mol. The fourth-order valence-corrected chi connectivity index (χ4v) is 2.62. The van der Waals surface area contributed by atoms with E-state index in [4.69, 9.17) is 0 Å². The highest BCUT2D eigenvalue weighted by Crippen LogP contribution is 2.19. The maximum Gasteiger partial charge on any atom is 0.257 e. The van der Waals surface area contributed by atoms with Gasteiger partial charge in [0, 0.05) is 6.42 Å². The van der Waals surface area contributed by atoms with E-state index in [1.165, 1.54) is 0 Å². The van der Waals surface area contributed by atoms with Gasteiger partial charge in [-0.1, -0.05) is 36.4 Å². The summed E-state index contributed by atoms with van der Waals surface area (Å²) in [7, 11) is 0. The van der Waals surface area contributed by atoms with E-state index in [0.29, 0.717) is 11.4 Å². The Labute approximate surface area is 156 Å². The number of nitrogens with zero attached hydrogens (tertiary/aromatic N) is 1. The molecule has 4 N–H and O–H groups in total. The number of hydrazine groups is 1. The van der Waals surface area contributed by atoms with Crippen molar-refractivity contribution in [2.75, 3.05) is 12.0 Å². The molecule has 0 aromatic heterocycles. The summed E-state index contributed by atoms with van der Waals surface area (Å²) in [5.41, 5.74) is 7.36. The van der Waals surface area contributed by atoms with E-state index < -0.39 is 0 Å². The van der Waals surface area contributed by atoms with Crippen LogP contribution >= 0.6 is 0 Å². The minimum Gasteiger partial charge on any atom is -0.510 e. The third-order valence-corrected chi connectivity index (χ3v) is 3.95. The molecule has 3 rings (SSSR count). The zero-order chi connectivity index (χ0) is 19.1. The fraction of sp³-hybridized carbons (Fsp3) is 0.150. The molecule has 7 heteroatoms. The normalized spacial score (nSPS) is 14.1. The highest BCUT2D eigenvalue weighted by molar-refractivity contribution is 6.24. The zero-order valence-electron chi connectivity index (χ0n) is 14.6. The van der Waals surface area contributed by atoms with Gasteiger partial charge in [0.05, 0.1) is 23.6 Å². The molecule has 0 atom stereocenters. The first kappa shape index (κ1) is 18.2. The molecule has 0 saturated carbocycles. The SMILES string of the molecule is O=C(CCC(=Nc1ccccc1)C1=C(O)CNC1=O)NNc1ccccc1. The lowest BCUT2D eigenvalue weighted by molar-refractivity contribution is -0.120. The van der Waals surface area contributed by atoms with E-state index in [0.717, 1.165) is 5.69 Å². The van der Waals surface area contributed by atoms with Crippen LogP contribution in [0.25, 0.3) is 0 Å². The number of benzene rings is 2. The number of hydrogen-bond donors (Lipinski definition) is 4. The number of carbonyl (C=O) groups excluding carboxylic acids is 2. The molecule has 0 aliphatic carbocycles. The molecule has 0 unspecified atom stereocenters. The summed E-state index contributed by atoms with van der Waals surface area (Å²) >= 11 is 0. The first-order valence-electron chi connectivity index (χ1n) is 8.56. The van der Waals surface area contributed by atoms with Gasteiger partial charge in [-0.05, 0) is 30.7 Å². The van der Waals surface area contributed by atoms with Crippen LogP contribution in [0.3, 0.4) is 0 Å². The van der Waals surface area contributed by atoms with Gasteiger partial charge in [-0.25, -0.2) is 0 Å². The molecule has 1 heterocycles. The Hall–Kier alpha value is -3.61. The van der Waals surface area contributed by atoms with Gasteiger partial charge in [0.25, 0.3) is 5.91 Å². The van der Waals surface area contributed by atoms with Gasteiger partial charge in [0.1, 0.15) is 11.3 Å². The van der Waals surface area contributed by atoms with Gasteiger partial charge >= 0.3 is 0 Å². The number of para-hydroxylation sites is 2. The van der Waals surface area contributed by atoms with Gasteiger partial charge in [-0.3, -0.25) is 25.4 Å². The number of nitrogens with one attached hydrogen (secondary N) is 3. The summed E-state index contributed by atoms with van der Waals surface area (Å²) in [4.78, 5) is 28.7. The van der Waals surface area contributed by atoms with Gasteiger partial charge in [-0.2, -0.15) is 0 Å². The van der Waals surface area contributed by atoms with Crippen molar-refractivity contribution in [2.24, 2.45) is 4.99 Å². The van der Waals surface area contributed by atoms with E-state index in [1.807, 2.05) is 48.5 Å². The zero-order valence-corrected chi connectivity index (χ0v) is 14.6. The molecular weight excluding hydrogens is 344 g/mol. The molecule has 2 aromatic carbocycles. The number of rotatable bonds is 7. The Morgan fingerprint density at radius 1 is 1.04 bits per heavy atom. The lowest BCUT2D eigenvalue weighted by Crippen LogP contribution is -2.30. The summed E-state index contributed by atoms with van der Waals surface area (Å²) in [6.45, 7) is 0.0732. The molecule has 1 aliphatic heterocycles. The van der Waals surface area contributed by atoms with Crippen LogP contribution < -0.4 is 16.2 Å². The van der Waals surface area contributed by atoms with Crippen LogP contribution in [0.5, 0.6) is 0 Å². The molecule has 0 spiro atoms. The quantitative estimate of drug-likeness (QED) is 0.448. The molecule has 2 amide bonds. The van der Waals surface area contributed by atoms with Crippen molar-refractivity contribution in [2.45, 2.75) is 12.8 Å². The highest BCUT2D eigenvalue weighted by Gasteiger charge is 2.27. The van der Waals surface area contributed by atoms with Crippen LogP contribution in [0, 0.1) is 0 Å². The fourth-order valence-electron chi connectivity index (χ4n) is 2.62. The number of aliphatic imine (C=N–C) groups is 1. The molecule has 2 aromatic rings. The van der Waals surface area contributed by atoms with Gasteiger partial charge in [0.15, 0.2) is 0 Å². The van der Waals surface area contributed by atoms with Crippen molar-refractivity contribution in [3.8, 4) is 0 Å². The minimum absolute atomic E-state index is 0.0579. The third kappa shape index (κ3) is 4.94. The van der Waals surface area contributed by atoms with Crippen LogP contribution in [0.4, 0.5) is 11.4 Å². The standard InChI is InChI=1S/C20H20N4O3/c25-17-13-21-20(27)19(17)16(22-14-7-3-1-4-8-14)11-12-18(26)24-23-15-9-5-2-6-10-15/h1-10,23,25H,11-13H2,(H,21,27)(H,24,26). The van der Waals surface area contributed by atoms with Crippen molar-refractivity contribution >= 4 is 28.9 Å². The van der Waals surface area contributed by atoms with Crippen molar-refractivity contribution in [1.82, 2.24) is 10.7 Å². The molecular formula is C20H20N4O3. The lowest BCUT2D eigenvalue weighted by atomic mass is 10.0. The first-order valence-corrected chi connectivity index (χ1v) is 8.56. The van der Waals surface area contributed by atoms with Gasteiger partial charge in [-0.15, -0.1) is 0 Å². The molecule has 138 valence electrons. The number of anilines is 1. The van der Waals surface area contributed by atoms with Crippen molar-refractivity contribution < 1.29 is 14.7 Å². The largest absolute Gasteiger partial charge is 0.510 e. The number of aliphatic hydroxyl groups excluding tert-OH is 1. The molecule has 0 bridgehead atoms. The lowest BCUT2D eigenvalue weighted by Gasteiger charge is -2.10. The van der Waals surface area contributed by atoms with Crippen LogP contribution in [-0.4, -0.2) is 29.2 Å². The maximum absolute atomic E-state index is 12.1. The van der Waals surface area contributed by atoms with Crippen molar-refractivity contribution in [3.63, 3.8) is 0 Å². The van der Waals surface area contributed by atoms with Gasteiger partial charge in [0.2, 0.25) is 5.91 Å². The molecule has 1 aliphatic rings. The van der Waals surface area contributed by atoms with E-state index in [-0.39, 0.29) is 42.5 Å². The van der Waals surface area contributed by atoms with Crippen LogP contribution in [0.15, 0.2) is 77.0 Å². The Kier molecular flexibility index (Phi) is 5.84. The average Bonchev–Trinajstić information content (AvgIpc) is 3.03. The molecule has 0 fully saturated rings. The maximum atomic E-state index is 12.1. The van der Waals surface area contributed by atoms with Gasteiger partial charge < -0.3 is 10.4 Å². The first-order chi connectivity index (χ1) is 13.1. The monoisotopic (exact) mass is 364 g/mol. The topological polar surface area (TPSA) is 103 Å². The van der Waals surface area contributed by atoms with E-state index in [1.54, 1.807) is 12.1 Å².